The molecule has 18 heavy (non-hydrogen) atoms. The maximum absolute atomic E-state index is 11.3. The van der Waals surface area contributed by atoms with E-state index in [9.17, 15) is 14.9 Å². The van der Waals surface area contributed by atoms with Gasteiger partial charge in [-0.3, -0.25) is 10.1 Å². The standard InChI is InChI=1S/C11H9NO6/c1-16-10-7(12(14)15)4-3-6-5-8(11(13)17-2)18-9(6)10/h3-5H,1-2H3. The Morgan fingerprint density at radius 3 is 2.67 bits per heavy atom. The third kappa shape index (κ3) is 1.75. The quantitative estimate of drug-likeness (QED) is 0.471. The van der Waals surface area contributed by atoms with Crippen LogP contribution < -0.4 is 4.74 Å². The molecule has 0 fully saturated rings. The van der Waals surface area contributed by atoms with E-state index in [1.807, 2.05) is 0 Å². The molecule has 7 heteroatoms. The molecule has 0 unspecified atom stereocenters. The number of furan rings is 1. The van der Waals surface area contributed by atoms with Crippen molar-refractivity contribution in [3.8, 4) is 5.75 Å². The normalized spacial score (nSPS) is 10.3. The summed E-state index contributed by atoms with van der Waals surface area (Å²) in [6, 6.07) is 4.21. The highest BCUT2D eigenvalue weighted by atomic mass is 16.6. The Bertz CT molecular complexity index is 630. The fourth-order valence-corrected chi connectivity index (χ4v) is 1.61. The Morgan fingerprint density at radius 2 is 2.11 bits per heavy atom. The maximum atomic E-state index is 11.3. The average molecular weight is 251 g/mol. The van der Waals surface area contributed by atoms with Crippen LogP contribution in [0, 0.1) is 10.1 Å². The van der Waals surface area contributed by atoms with Crippen LogP contribution in [-0.4, -0.2) is 25.1 Å². The number of carbonyl (C=O) groups excluding carboxylic acids is 1. The summed E-state index contributed by atoms with van der Waals surface area (Å²) in [6.07, 6.45) is 0. The van der Waals surface area contributed by atoms with Crippen LogP contribution in [0.4, 0.5) is 5.69 Å². The summed E-state index contributed by atoms with van der Waals surface area (Å²) in [5.74, 6) is -0.713. The fourth-order valence-electron chi connectivity index (χ4n) is 1.61. The van der Waals surface area contributed by atoms with Crippen molar-refractivity contribution in [1.82, 2.24) is 0 Å². The lowest BCUT2D eigenvalue weighted by Crippen LogP contribution is -1.98. The first-order valence-corrected chi connectivity index (χ1v) is 4.91. The van der Waals surface area contributed by atoms with Crippen LogP contribution in [0.2, 0.25) is 0 Å². The highest BCUT2D eigenvalue weighted by molar-refractivity contribution is 5.95. The molecule has 0 aliphatic heterocycles. The van der Waals surface area contributed by atoms with Gasteiger partial charge in [0.05, 0.1) is 19.1 Å². The second-order valence-electron chi connectivity index (χ2n) is 3.40. The smallest absolute Gasteiger partial charge is 0.373 e. The molecule has 0 saturated carbocycles. The molecule has 0 saturated heterocycles. The van der Waals surface area contributed by atoms with Crippen LogP contribution in [0.5, 0.6) is 5.75 Å². The number of nitrogens with zero attached hydrogens (tertiary/aromatic N) is 1. The summed E-state index contributed by atoms with van der Waals surface area (Å²) >= 11 is 0. The highest BCUT2D eigenvalue weighted by Crippen LogP contribution is 2.36. The van der Waals surface area contributed by atoms with Crippen LogP contribution >= 0.6 is 0 Å². The minimum Gasteiger partial charge on any atom is -0.488 e. The topological polar surface area (TPSA) is 91.8 Å². The molecule has 7 nitrogen and oxygen atoms in total. The summed E-state index contributed by atoms with van der Waals surface area (Å²) < 4.78 is 14.7. The number of rotatable bonds is 3. The van der Waals surface area contributed by atoms with Crippen molar-refractivity contribution in [2.45, 2.75) is 0 Å². The summed E-state index contributed by atoms with van der Waals surface area (Å²) in [4.78, 5) is 21.5. The third-order valence-corrected chi connectivity index (χ3v) is 2.41. The number of hydrogen-bond acceptors (Lipinski definition) is 6. The van der Waals surface area contributed by atoms with E-state index < -0.39 is 10.9 Å². The van der Waals surface area contributed by atoms with Gasteiger partial charge in [-0.1, -0.05) is 0 Å². The molecule has 0 aliphatic carbocycles. The van der Waals surface area contributed by atoms with Gasteiger partial charge in [-0.05, 0) is 12.1 Å². The first kappa shape index (κ1) is 11.9. The Kier molecular flexibility index (Phi) is 2.88. The van der Waals surface area contributed by atoms with Crippen LogP contribution in [0.15, 0.2) is 22.6 Å². The summed E-state index contributed by atoms with van der Waals surface area (Å²) in [5.41, 5.74) is -0.0807. The second-order valence-corrected chi connectivity index (χ2v) is 3.40. The molecular weight excluding hydrogens is 242 g/mol. The Labute approximate surface area is 101 Å². The van der Waals surface area contributed by atoms with Crippen molar-refractivity contribution in [2.75, 3.05) is 14.2 Å². The lowest BCUT2D eigenvalue weighted by molar-refractivity contribution is -0.385. The minimum atomic E-state index is -0.657. The number of hydrogen-bond donors (Lipinski definition) is 0. The minimum absolute atomic E-state index is 0.0207. The number of benzene rings is 1. The Hall–Kier alpha value is -2.57. The zero-order chi connectivity index (χ0) is 13.3. The van der Waals surface area contributed by atoms with Gasteiger partial charge in [-0.25, -0.2) is 4.79 Å². The van der Waals surface area contributed by atoms with Gasteiger partial charge in [0, 0.05) is 11.5 Å². The van der Waals surface area contributed by atoms with E-state index in [1.54, 1.807) is 0 Å². The monoisotopic (exact) mass is 251 g/mol. The molecule has 1 aromatic carbocycles. The van der Waals surface area contributed by atoms with Gasteiger partial charge < -0.3 is 13.9 Å². The van der Waals surface area contributed by atoms with Gasteiger partial charge >= 0.3 is 11.7 Å². The SMILES string of the molecule is COC(=O)c1cc2ccc([N+](=O)[O-])c(OC)c2o1. The van der Waals surface area contributed by atoms with Crippen LogP contribution in [0.3, 0.4) is 0 Å². The van der Waals surface area contributed by atoms with Crippen molar-refractivity contribution >= 4 is 22.6 Å². The molecule has 2 aromatic rings. The van der Waals surface area contributed by atoms with Crippen LogP contribution in [-0.2, 0) is 4.74 Å². The Morgan fingerprint density at radius 1 is 1.39 bits per heavy atom. The summed E-state index contributed by atoms with van der Waals surface area (Å²) in [5, 5.41) is 11.3. The molecule has 0 spiro atoms. The molecule has 0 atom stereocenters. The average Bonchev–Trinajstić information content (AvgIpc) is 2.79. The summed E-state index contributed by atoms with van der Waals surface area (Å²) in [6.45, 7) is 0. The largest absolute Gasteiger partial charge is 0.488 e. The number of carbonyl (C=O) groups is 1. The fraction of sp³-hybridized carbons (Fsp3) is 0.182. The predicted octanol–water partition coefficient (Wildman–Crippen LogP) is 2.14. The number of methoxy groups -OCH3 is 2. The van der Waals surface area contributed by atoms with Gasteiger partial charge in [0.2, 0.25) is 11.5 Å². The van der Waals surface area contributed by atoms with Crippen LogP contribution in [0.25, 0.3) is 11.0 Å². The van der Waals surface area contributed by atoms with E-state index in [0.717, 1.165) is 0 Å². The van der Waals surface area contributed by atoms with Gasteiger partial charge in [0.15, 0.2) is 5.58 Å². The number of nitro benzene ring substituents is 1. The van der Waals surface area contributed by atoms with Crippen molar-refractivity contribution in [1.29, 1.82) is 0 Å². The summed E-state index contributed by atoms with van der Waals surface area (Å²) in [7, 11) is 2.51. The Balaban J connectivity index is 2.69. The van der Waals surface area contributed by atoms with Crippen molar-refractivity contribution in [3.05, 3.63) is 34.1 Å². The predicted molar refractivity (Wildman–Crippen MR) is 60.8 cm³/mol. The molecule has 1 heterocycles. The highest BCUT2D eigenvalue weighted by Gasteiger charge is 2.22. The molecular formula is C11H9NO6. The van der Waals surface area contributed by atoms with Crippen molar-refractivity contribution in [3.63, 3.8) is 0 Å². The maximum Gasteiger partial charge on any atom is 0.373 e. The molecule has 0 N–H and O–H groups in total. The molecule has 1 aromatic heterocycles. The lowest BCUT2D eigenvalue weighted by Gasteiger charge is -2.01. The molecule has 0 bridgehead atoms. The molecule has 2 rings (SSSR count). The first-order chi connectivity index (χ1) is 8.58. The van der Waals surface area contributed by atoms with Crippen molar-refractivity contribution in [2.24, 2.45) is 0 Å². The molecule has 0 radical (unpaired) electrons. The van der Waals surface area contributed by atoms with E-state index in [0.29, 0.717) is 5.39 Å². The lowest BCUT2D eigenvalue weighted by atomic mass is 10.2. The zero-order valence-electron chi connectivity index (χ0n) is 9.63. The van der Waals surface area contributed by atoms with E-state index in [4.69, 9.17) is 9.15 Å². The molecule has 0 amide bonds. The number of nitro groups is 1. The van der Waals surface area contributed by atoms with E-state index in [-0.39, 0.29) is 22.8 Å². The van der Waals surface area contributed by atoms with Gasteiger partial charge in [0.1, 0.15) is 0 Å². The van der Waals surface area contributed by atoms with Crippen molar-refractivity contribution < 1.29 is 23.6 Å². The van der Waals surface area contributed by atoms with E-state index in [1.165, 1.54) is 32.4 Å². The first-order valence-electron chi connectivity index (χ1n) is 4.91. The molecule has 0 aliphatic rings. The number of fused-ring (bicyclic) bond motifs is 1. The van der Waals surface area contributed by atoms with Gasteiger partial charge in [-0.2, -0.15) is 0 Å². The number of ether oxygens (including phenoxy) is 2. The number of esters is 1. The van der Waals surface area contributed by atoms with Gasteiger partial charge in [0.25, 0.3) is 0 Å². The van der Waals surface area contributed by atoms with E-state index in [2.05, 4.69) is 4.74 Å². The second kappa shape index (κ2) is 4.36. The van der Waals surface area contributed by atoms with Gasteiger partial charge in [-0.15, -0.1) is 0 Å². The van der Waals surface area contributed by atoms with Crippen LogP contribution in [0.1, 0.15) is 10.6 Å². The molecule has 94 valence electrons. The third-order valence-electron chi connectivity index (χ3n) is 2.41. The zero-order valence-corrected chi connectivity index (χ0v) is 9.63. The van der Waals surface area contributed by atoms with E-state index >= 15 is 0 Å².